The Morgan fingerprint density at radius 2 is 2.14 bits per heavy atom. The number of fused-ring (bicyclic) bond motifs is 1. The fourth-order valence-electron chi connectivity index (χ4n) is 3.11. The van der Waals surface area contributed by atoms with Crippen LogP contribution in [0.1, 0.15) is 31.1 Å². The van der Waals surface area contributed by atoms with Gasteiger partial charge in [-0.25, -0.2) is 14.5 Å². The molecule has 1 aromatic carbocycles. The van der Waals surface area contributed by atoms with Gasteiger partial charge in [-0.2, -0.15) is 0 Å². The summed E-state index contributed by atoms with van der Waals surface area (Å²) in [5.41, 5.74) is 2.78. The second kappa shape index (κ2) is 7.55. The number of thiazole rings is 1. The molecule has 0 radical (unpaired) electrons. The van der Waals surface area contributed by atoms with Crippen LogP contribution in [0.5, 0.6) is 5.75 Å². The minimum Gasteiger partial charge on any atom is -0.493 e. The van der Waals surface area contributed by atoms with Crippen LogP contribution >= 0.6 is 11.3 Å². The summed E-state index contributed by atoms with van der Waals surface area (Å²) < 4.78 is 7.43. The standard InChI is InChI=1S/C20H21N5O2S/c1-4-6-18-21-10-16-20(26)23-19(24-25(16)18)14-9-13(7-8-17(14)27-5-2)15-11-28-12(3)22-15/h7-11H,4-6H2,1-3H3,(H,23,24,26). The predicted octanol–water partition coefficient (Wildman–Crippen LogP) is 3.87. The average molecular weight is 395 g/mol. The Hall–Kier alpha value is -3.00. The molecule has 3 aromatic heterocycles. The number of aryl methyl sites for hydroxylation is 2. The third-order valence-corrected chi connectivity index (χ3v) is 5.17. The Morgan fingerprint density at radius 3 is 2.86 bits per heavy atom. The van der Waals surface area contributed by atoms with Gasteiger partial charge in [0.25, 0.3) is 5.56 Å². The molecule has 7 nitrogen and oxygen atoms in total. The number of aromatic amines is 1. The summed E-state index contributed by atoms with van der Waals surface area (Å²) in [5, 5.41) is 7.69. The number of hydrogen-bond donors (Lipinski definition) is 1. The summed E-state index contributed by atoms with van der Waals surface area (Å²) in [7, 11) is 0. The summed E-state index contributed by atoms with van der Waals surface area (Å²) in [6.45, 7) is 6.49. The van der Waals surface area contributed by atoms with Crippen molar-refractivity contribution in [1.82, 2.24) is 24.6 Å². The fraction of sp³-hybridized carbons (Fsp3) is 0.300. The van der Waals surface area contributed by atoms with Crippen molar-refractivity contribution in [3.8, 4) is 28.4 Å². The van der Waals surface area contributed by atoms with Crippen LogP contribution in [-0.4, -0.2) is 31.2 Å². The van der Waals surface area contributed by atoms with Gasteiger partial charge in [0.1, 0.15) is 11.6 Å². The Balaban J connectivity index is 1.91. The molecule has 0 bridgehead atoms. The van der Waals surface area contributed by atoms with Crippen molar-refractivity contribution in [3.63, 3.8) is 0 Å². The predicted molar refractivity (Wildman–Crippen MR) is 110 cm³/mol. The molecule has 4 aromatic rings. The van der Waals surface area contributed by atoms with Crippen LogP contribution in [0.4, 0.5) is 0 Å². The van der Waals surface area contributed by atoms with Crippen molar-refractivity contribution < 1.29 is 4.74 Å². The van der Waals surface area contributed by atoms with E-state index in [4.69, 9.17) is 4.74 Å². The van der Waals surface area contributed by atoms with E-state index in [1.165, 1.54) is 0 Å². The summed E-state index contributed by atoms with van der Waals surface area (Å²) >= 11 is 1.60. The van der Waals surface area contributed by atoms with E-state index in [9.17, 15) is 4.79 Å². The maximum Gasteiger partial charge on any atom is 0.277 e. The van der Waals surface area contributed by atoms with E-state index in [1.54, 1.807) is 22.0 Å². The Morgan fingerprint density at radius 1 is 1.29 bits per heavy atom. The van der Waals surface area contributed by atoms with E-state index < -0.39 is 0 Å². The van der Waals surface area contributed by atoms with Crippen molar-refractivity contribution in [3.05, 3.63) is 51.0 Å². The van der Waals surface area contributed by atoms with Gasteiger partial charge >= 0.3 is 0 Å². The number of imidazole rings is 1. The van der Waals surface area contributed by atoms with Gasteiger partial charge in [0.2, 0.25) is 0 Å². The van der Waals surface area contributed by atoms with Gasteiger partial charge in [0, 0.05) is 17.4 Å². The van der Waals surface area contributed by atoms with Gasteiger partial charge in [0.05, 0.1) is 29.1 Å². The first-order chi connectivity index (χ1) is 13.6. The fourth-order valence-corrected chi connectivity index (χ4v) is 3.74. The lowest BCUT2D eigenvalue weighted by Crippen LogP contribution is -2.15. The van der Waals surface area contributed by atoms with E-state index in [-0.39, 0.29) is 5.56 Å². The molecule has 4 rings (SSSR count). The average Bonchev–Trinajstić information content (AvgIpc) is 3.30. The lowest BCUT2D eigenvalue weighted by molar-refractivity contribution is 0.341. The summed E-state index contributed by atoms with van der Waals surface area (Å²) in [6.07, 6.45) is 3.24. The number of nitrogens with one attached hydrogen (secondary N) is 1. The molecule has 144 valence electrons. The number of nitrogens with zero attached hydrogens (tertiary/aromatic N) is 4. The zero-order valence-electron chi connectivity index (χ0n) is 16.0. The number of hydrogen-bond acceptors (Lipinski definition) is 6. The third-order valence-electron chi connectivity index (χ3n) is 4.40. The van der Waals surface area contributed by atoms with Gasteiger partial charge in [0.15, 0.2) is 11.3 Å². The maximum absolute atomic E-state index is 12.6. The highest BCUT2D eigenvalue weighted by Crippen LogP contribution is 2.33. The molecule has 0 fully saturated rings. The van der Waals surface area contributed by atoms with Gasteiger partial charge in [-0.1, -0.05) is 6.92 Å². The summed E-state index contributed by atoms with van der Waals surface area (Å²) in [4.78, 5) is 24.4. The number of aromatic nitrogens is 5. The smallest absolute Gasteiger partial charge is 0.277 e. The topological polar surface area (TPSA) is 85.2 Å². The minimum absolute atomic E-state index is 0.225. The van der Waals surface area contributed by atoms with Crippen molar-refractivity contribution in [1.29, 1.82) is 0 Å². The first-order valence-electron chi connectivity index (χ1n) is 9.27. The van der Waals surface area contributed by atoms with Crippen LogP contribution < -0.4 is 10.3 Å². The molecular weight excluding hydrogens is 374 g/mol. The van der Waals surface area contributed by atoms with Crippen LogP contribution in [0.2, 0.25) is 0 Å². The lowest BCUT2D eigenvalue weighted by Gasteiger charge is -2.11. The van der Waals surface area contributed by atoms with E-state index in [2.05, 4.69) is 27.0 Å². The molecule has 8 heteroatoms. The molecule has 0 atom stereocenters. The number of ether oxygens (including phenoxy) is 1. The zero-order chi connectivity index (χ0) is 19.7. The van der Waals surface area contributed by atoms with Crippen LogP contribution in [0.25, 0.3) is 28.2 Å². The molecule has 3 heterocycles. The normalized spacial score (nSPS) is 11.2. The molecule has 0 amide bonds. The molecule has 0 saturated carbocycles. The Kier molecular flexibility index (Phi) is 4.95. The zero-order valence-corrected chi connectivity index (χ0v) is 16.8. The maximum atomic E-state index is 12.6. The molecule has 0 saturated heterocycles. The molecule has 0 unspecified atom stereocenters. The first-order valence-corrected chi connectivity index (χ1v) is 10.1. The highest BCUT2D eigenvalue weighted by atomic mass is 32.1. The van der Waals surface area contributed by atoms with Gasteiger partial charge in [-0.3, -0.25) is 4.79 Å². The van der Waals surface area contributed by atoms with Crippen LogP contribution in [0.3, 0.4) is 0 Å². The minimum atomic E-state index is -0.225. The summed E-state index contributed by atoms with van der Waals surface area (Å²) in [5.74, 6) is 1.89. The second-order valence-electron chi connectivity index (χ2n) is 6.42. The lowest BCUT2D eigenvalue weighted by atomic mass is 10.1. The molecule has 0 aliphatic heterocycles. The number of H-pyrrole nitrogens is 1. The van der Waals surface area contributed by atoms with Crippen molar-refractivity contribution in [2.75, 3.05) is 6.61 Å². The van der Waals surface area contributed by atoms with Crippen LogP contribution in [0, 0.1) is 6.92 Å². The molecule has 0 aliphatic rings. The molecule has 0 aliphatic carbocycles. The van der Waals surface area contributed by atoms with Gasteiger partial charge < -0.3 is 9.72 Å². The highest BCUT2D eigenvalue weighted by Gasteiger charge is 2.16. The van der Waals surface area contributed by atoms with Gasteiger partial charge in [-0.05, 0) is 38.5 Å². The Bertz CT molecular complexity index is 1190. The Labute approximate surface area is 166 Å². The quantitative estimate of drug-likeness (QED) is 0.536. The molecule has 0 spiro atoms. The molecule has 1 N–H and O–H groups in total. The van der Waals surface area contributed by atoms with Crippen molar-refractivity contribution in [2.45, 2.75) is 33.6 Å². The number of benzene rings is 1. The van der Waals surface area contributed by atoms with Crippen LogP contribution in [0.15, 0.2) is 34.6 Å². The molecule has 28 heavy (non-hydrogen) atoms. The second-order valence-corrected chi connectivity index (χ2v) is 7.48. The number of rotatable bonds is 6. The highest BCUT2D eigenvalue weighted by molar-refractivity contribution is 7.09. The van der Waals surface area contributed by atoms with E-state index >= 15 is 0 Å². The summed E-state index contributed by atoms with van der Waals surface area (Å²) in [6, 6.07) is 5.83. The largest absolute Gasteiger partial charge is 0.493 e. The van der Waals surface area contributed by atoms with Crippen LogP contribution in [-0.2, 0) is 6.42 Å². The molecular formula is C20H21N5O2S. The van der Waals surface area contributed by atoms with E-state index in [0.29, 0.717) is 23.7 Å². The van der Waals surface area contributed by atoms with Crippen molar-refractivity contribution >= 4 is 16.9 Å². The monoisotopic (exact) mass is 395 g/mol. The first kappa shape index (κ1) is 18.4. The van der Waals surface area contributed by atoms with Gasteiger partial charge in [-0.15, -0.1) is 16.4 Å². The van der Waals surface area contributed by atoms with E-state index in [1.807, 2.05) is 37.4 Å². The van der Waals surface area contributed by atoms with E-state index in [0.717, 1.165) is 40.5 Å². The SMILES string of the molecule is CCCc1ncc2c(=O)[nH]c(-c3cc(-c4csc(C)n4)ccc3OCC)nn12. The van der Waals surface area contributed by atoms with Crippen molar-refractivity contribution in [2.24, 2.45) is 0 Å². The third kappa shape index (κ3) is 3.31.